The molecular weight excluding hydrogens is 406 g/mol. The van der Waals surface area contributed by atoms with Crippen LogP contribution in [-0.4, -0.2) is 64.0 Å². The van der Waals surface area contributed by atoms with Crippen LogP contribution >= 0.6 is 0 Å². The third-order valence-corrected chi connectivity index (χ3v) is 5.47. The number of fused-ring (bicyclic) bond motifs is 1. The van der Waals surface area contributed by atoms with E-state index in [0.29, 0.717) is 23.6 Å². The molecule has 3 aromatic rings. The number of rotatable bonds is 7. The van der Waals surface area contributed by atoms with Crippen molar-refractivity contribution in [3.8, 4) is 0 Å². The third-order valence-electron chi connectivity index (χ3n) is 5.47. The van der Waals surface area contributed by atoms with E-state index in [1.165, 1.54) is 0 Å². The maximum Gasteiger partial charge on any atom is 0.229 e. The molecule has 4 heterocycles. The zero-order valence-corrected chi connectivity index (χ0v) is 19.3. The summed E-state index contributed by atoms with van der Waals surface area (Å²) in [7, 11) is 1.67. The summed E-state index contributed by atoms with van der Waals surface area (Å²) in [5.41, 5.74) is 1.57. The minimum Gasteiger partial charge on any atom is -0.375 e. The van der Waals surface area contributed by atoms with Gasteiger partial charge in [-0.25, -0.2) is 15.0 Å². The highest BCUT2D eigenvalue weighted by atomic mass is 16.5. The predicted molar refractivity (Wildman–Crippen MR) is 127 cm³/mol. The molecule has 32 heavy (non-hydrogen) atoms. The first kappa shape index (κ1) is 22.1. The number of aromatic nitrogens is 5. The fourth-order valence-corrected chi connectivity index (χ4v) is 3.66. The number of hydrogen-bond acceptors (Lipinski definition) is 10. The first-order valence-corrected chi connectivity index (χ1v) is 11.0. The fraction of sp³-hybridized carbons (Fsp3) is 0.500. The van der Waals surface area contributed by atoms with Crippen molar-refractivity contribution in [2.24, 2.45) is 0 Å². The number of nitrogens with one attached hydrogen (secondary N) is 3. The Morgan fingerprint density at radius 2 is 2.03 bits per heavy atom. The second-order valence-electron chi connectivity index (χ2n) is 8.35. The lowest BCUT2D eigenvalue weighted by Gasteiger charge is -2.34. The Morgan fingerprint density at radius 1 is 1.19 bits per heavy atom. The summed E-state index contributed by atoms with van der Waals surface area (Å²) in [5.74, 6) is 2.61. The van der Waals surface area contributed by atoms with Gasteiger partial charge in [-0.3, -0.25) is 0 Å². The molecule has 1 fully saturated rings. The van der Waals surface area contributed by atoms with Crippen LogP contribution in [0.1, 0.15) is 39.5 Å². The number of anilines is 4. The van der Waals surface area contributed by atoms with Crippen LogP contribution in [0.2, 0.25) is 0 Å². The van der Waals surface area contributed by atoms with E-state index in [9.17, 15) is 0 Å². The van der Waals surface area contributed by atoms with Crippen LogP contribution in [0, 0.1) is 0 Å². The number of nitrogens with zero attached hydrogens (tertiary/aromatic N) is 6. The Balaban J connectivity index is 1.59. The largest absolute Gasteiger partial charge is 0.375 e. The van der Waals surface area contributed by atoms with Gasteiger partial charge < -0.3 is 25.6 Å². The summed E-state index contributed by atoms with van der Waals surface area (Å²) >= 11 is 0. The molecule has 2 atom stereocenters. The Morgan fingerprint density at radius 3 is 2.72 bits per heavy atom. The van der Waals surface area contributed by atoms with Gasteiger partial charge in [-0.15, -0.1) is 10.2 Å². The maximum absolute atomic E-state index is 5.44. The normalized spacial score (nSPS) is 17.6. The zero-order valence-electron chi connectivity index (χ0n) is 19.3. The van der Waals surface area contributed by atoms with Crippen molar-refractivity contribution >= 4 is 34.3 Å². The minimum absolute atomic E-state index is 0.128. The zero-order chi connectivity index (χ0) is 22.7. The highest BCUT2D eigenvalue weighted by Gasteiger charge is 2.20. The quantitative estimate of drug-likeness (QED) is 0.510. The van der Waals surface area contributed by atoms with E-state index >= 15 is 0 Å². The molecule has 0 spiro atoms. The summed E-state index contributed by atoms with van der Waals surface area (Å²) in [4.78, 5) is 16.2. The van der Waals surface area contributed by atoms with Gasteiger partial charge in [0, 0.05) is 50.4 Å². The minimum atomic E-state index is -0.128. The average molecular weight is 438 g/mol. The van der Waals surface area contributed by atoms with Crippen LogP contribution in [0.25, 0.3) is 10.9 Å². The van der Waals surface area contributed by atoms with Gasteiger partial charge in [-0.1, -0.05) is 0 Å². The monoisotopic (exact) mass is 437 g/mol. The molecule has 4 rings (SSSR count). The number of pyridine rings is 1. The van der Waals surface area contributed by atoms with Gasteiger partial charge in [0.25, 0.3) is 0 Å². The van der Waals surface area contributed by atoms with Gasteiger partial charge in [0.05, 0.1) is 11.8 Å². The van der Waals surface area contributed by atoms with Crippen LogP contribution < -0.4 is 20.9 Å². The van der Waals surface area contributed by atoms with Crippen molar-refractivity contribution < 1.29 is 4.74 Å². The average Bonchev–Trinajstić information content (AvgIpc) is 2.79. The lowest BCUT2D eigenvalue weighted by Crippen LogP contribution is -2.50. The van der Waals surface area contributed by atoms with E-state index in [4.69, 9.17) is 14.7 Å². The molecule has 0 amide bonds. The van der Waals surface area contributed by atoms with Crippen LogP contribution in [0.4, 0.5) is 23.4 Å². The molecule has 3 aromatic heterocycles. The molecule has 0 saturated carbocycles. The molecule has 1 aliphatic heterocycles. The molecule has 0 aromatic carbocycles. The van der Waals surface area contributed by atoms with Gasteiger partial charge in [0.2, 0.25) is 5.95 Å². The summed E-state index contributed by atoms with van der Waals surface area (Å²) in [6.45, 7) is 11.1. The first-order chi connectivity index (χ1) is 15.4. The van der Waals surface area contributed by atoms with Gasteiger partial charge >= 0.3 is 0 Å². The molecule has 1 unspecified atom stereocenters. The Bertz CT molecular complexity index is 1060. The molecule has 1 aliphatic rings. The van der Waals surface area contributed by atoms with Gasteiger partial charge in [0.15, 0.2) is 17.5 Å². The molecule has 0 aliphatic carbocycles. The Kier molecular flexibility index (Phi) is 6.61. The van der Waals surface area contributed by atoms with Crippen molar-refractivity contribution in [1.29, 1.82) is 0 Å². The van der Waals surface area contributed by atoms with Crippen molar-refractivity contribution in [1.82, 2.24) is 30.5 Å². The van der Waals surface area contributed by atoms with E-state index < -0.39 is 0 Å². The molecule has 10 nitrogen and oxygen atoms in total. The predicted octanol–water partition coefficient (Wildman–Crippen LogP) is 2.88. The SMILES string of the molecule is COC(C)c1cc2cnc(Nc3ccc(N4CCNC[C@H]4C)nn3)nc2c(NC(C)C)n1. The van der Waals surface area contributed by atoms with Crippen molar-refractivity contribution in [3.63, 3.8) is 0 Å². The van der Waals surface area contributed by atoms with Crippen LogP contribution in [0.3, 0.4) is 0 Å². The second kappa shape index (κ2) is 9.58. The van der Waals surface area contributed by atoms with Crippen LogP contribution in [0.5, 0.6) is 0 Å². The second-order valence-corrected chi connectivity index (χ2v) is 8.35. The lowest BCUT2D eigenvalue weighted by molar-refractivity contribution is 0.116. The van der Waals surface area contributed by atoms with Crippen molar-refractivity contribution in [2.75, 3.05) is 42.3 Å². The summed E-state index contributed by atoms with van der Waals surface area (Å²) in [6, 6.07) is 6.42. The van der Waals surface area contributed by atoms with E-state index in [1.54, 1.807) is 13.3 Å². The third kappa shape index (κ3) is 4.86. The number of hydrogen-bond donors (Lipinski definition) is 3. The Hall–Kier alpha value is -3.11. The van der Waals surface area contributed by atoms with E-state index in [1.807, 2.05) is 25.1 Å². The van der Waals surface area contributed by atoms with Crippen LogP contribution in [-0.2, 0) is 4.74 Å². The van der Waals surface area contributed by atoms with Gasteiger partial charge in [-0.2, -0.15) is 0 Å². The highest BCUT2D eigenvalue weighted by Crippen LogP contribution is 2.26. The topological polar surface area (TPSA) is 113 Å². The number of piperazine rings is 1. The van der Waals surface area contributed by atoms with E-state index in [2.05, 4.69) is 56.8 Å². The first-order valence-electron chi connectivity index (χ1n) is 11.0. The number of methoxy groups -OCH3 is 1. The van der Waals surface area contributed by atoms with Crippen LogP contribution in [0.15, 0.2) is 24.4 Å². The standard InChI is InChI=1S/C22H31N9O/c1-13(2)25-21-20-16(10-17(26-21)15(4)32-5)12-24-22(28-20)27-18-6-7-19(30-29-18)31-9-8-23-11-14(31)3/h6-7,10,12-15,23H,8-9,11H2,1-5H3,(H,25,26)(H,24,27,28,29)/t14-,15?/m1/s1. The van der Waals surface area contributed by atoms with Gasteiger partial charge in [-0.05, 0) is 45.9 Å². The summed E-state index contributed by atoms with van der Waals surface area (Å²) in [5, 5.41) is 19.6. The smallest absolute Gasteiger partial charge is 0.229 e. The molecule has 170 valence electrons. The number of ether oxygens (including phenoxy) is 1. The molecular formula is C22H31N9O. The van der Waals surface area contributed by atoms with Crippen molar-refractivity contribution in [2.45, 2.75) is 45.9 Å². The molecule has 3 N–H and O–H groups in total. The Labute approximate surface area is 188 Å². The summed E-state index contributed by atoms with van der Waals surface area (Å²) in [6.07, 6.45) is 1.66. The van der Waals surface area contributed by atoms with Gasteiger partial charge in [0.1, 0.15) is 5.52 Å². The summed E-state index contributed by atoms with van der Waals surface area (Å²) < 4.78 is 5.44. The van der Waals surface area contributed by atoms with E-state index in [-0.39, 0.29) is 12.1 Å². The lowest BCUT2D eigenvalue weighted by atomic mass is 10.2. The molecule has 1 saturated heterocycles. The molecule has 0 bridgehead atoms. The molecule has 0 radical (unpaired) electrons. The highest BCUT2D eigenvalue weighted by molar-refractivity contribution is 5.89. The van der Waals surface area contributed by atoms with Crippen molar-refractivity contribution in [3.05, 3.63) is 30.1 Å². The fourth-order valence-electron chi connectivity index (χ4n) is 3.66. The van der Waals surface area contributed by atoms with E-state index in [0.717, 1.165) is 42.0 Å². The maximum atomic E-state index is 5.44. The molecule has 10 heteroatoms.